The normalized spacial score (nSPS) is 31.9. The predicted octanol–water partition coefficient (Wildman–Crippen LogP) is 0.0542. The standard InChI is InChI=1S/C11H19N3O3/c1-7-6-17-5-2-8(7)13-10(15)11(3-4-11)9(12)14-16/h7-8,16H,2-6H2,1H3,(H2,12,14)(H,13,15). The van der Waals surface area contributed by atoms with E-state index in [0.717, 1.165) is 6.42 Å². The molecule has 1 saturated carbocycles. The van der Waals surface area contributed by atoms with Gasteiger partial charge in [-0.3, -0.25) is 4.79 Å². The van der Waals surface area contributed by atoms with Gasteiger partial charge < -0.3 is 21.0 Å². The Morgan fingerprint density at radius 1 is 1.59 bits per heavy atom. The van der Waals surface area contributed by atoms with Crippen molar-refractivity contribution in [3.63, 3.8) is 0 Å². The Morgan fingerprint density at radius 3 is 2.82 bits per heavy atom. The molecule has 2 rings (SSSR count). The van der Waals surface area contributed by atoms with E-state index in [2.05, 4.69) is 10.5 Å². The van der Waals surface area contributed by atoms with Gasteiger partial charge >= 0.3 is 0 Å². The second-order valence-corrected chi connectivity index (χ2v) is 4.99. The molecular weight excluding hydrogens is 222 g/mol. The zero-order valence-electron chi connectivity index (χ0n) is 9.98. The summed E-state index contributed by atoms with van der Waals surface area (Å²) in [7, 11) is 0. The molecule has 1 aliphatic heterocycles. The van der Waals surface area contributed by atoms with Crippen molar-refractivity contribution in [2.45, 2.75) is 32.2 Å². The molecule has 1 saturated heterocycles. The van der Waals surface area contributed by atoms with Gasteiger partial charge in [0.15, 0.2) is 5.84 Å². The van der Waals surface area contributed by atoms with Crippen molar-refractivity contribution in [3.05, 3.63) is 0 Å². The molecule has 0 aromatic heterocycles. The third-order valence-corrected chi connectivity index (χ3v) is 3.74. The first kappa shape index (κ1) is 12.2. The van der Waals surface area contributed by atoms with Crippen LogP contribution in [0, 0.1) is 11.3 Å². The number of amides is 1. The highest BCUT2D eigenvalue weighted by atomic mass is 16.5. The lowest BCUT2D eigenvalue weighted by Gasteiger charge is -2.30. The van der Waals surface area contributed by atoms with E-state index in [1.807, 2.05) is 6.92 Å². The number of oxime groups is 1. The number of carbonyl (C=O) groups is 1. The predicted molar refractivity (Wildman–Crippen MR) is 61.6 cm³/mol. The lowest BCUT2D eigenvalue weighted by molar-refractivity contribution is -0.126. The van der Waals surface area contributed by atoms with Crippen LogP contribution in [-0.4, -0.2) is 36.2 Å². The summed E-state index contributed by atoms with van der Waals surface area (Å²) in [4.78, 5) is 12.1. The van der Waals surface area contributed by atoms with E-state index in [1.54, 1.807) is 0 Å². The molecule has 0 aromatic carbocycles. The molecule has 0 spiro atoms. The Kier molecular flexibility index (Phi) is 3.24. The maximum absolute atomic E-state index is 12.1. The summed E-state index contributed by atoms with van der Waals surface area (Å²) in [5.74, 6) is 0.206. The van der Waals surface area contributed by atoms with Crippen LogP contribution in [0.1, 0.15) is 26.2 Å². The summed E-state index contributed by atoms with van der Waals surface area (Å²) in [6.45, 7) is 3.39. The van der Waals surface area contributed by atoms with Gasteiger partial charge in [0, 0.05) is 12.6 Å². The molecule has 1 aliphatic carbocycles. The van der Waals surface area contributed by atoms with Crippen molar-refractivity contribution in [1.29, 1.82) is 0 Å². The van der Waals surface area contributed by atoms with Crippen LogP contribution >= 0.6 is 0 Å². The summed E-state index contributed by atoms with van der Waals surface area (Å²) < 4.78 is 5.32. The Morgan fingerprint density at radius 2 is 2.29 bits per heavy atom. The maximum atomic E-state index is 12.1. The SMILES string of the molecule is CC1COCCC1NC(=O)C1(C(N)=NO)CC1. The average molecular weight is 241 g/mol. The van der Waals surface area contributed by atoms with E-state index in [1.165, 1.54) is 0 Å². The summed E-state index contributed by atoms with van der Waals surface area (Å²) in [6, 6.07) is 0.125. The van der Waals surface area contributed by atoms with Gasteiger partial charge in [-0.05, 0) is 25.2 Å². The molecule has 4 N–H and O–H groups in total. The fourth-order valence-corrected chi connectivity index (χ4v) is 2.22. The molecule has 6 nitrogen and oxygen atoms in total. The third-order valence-electron chi connectivity index (χ3n) is 3.74. The van der Waals surface area contributed by atoms with E-state index in [-0.39, 0.29) is 17.8 Å². The van der Waals surface area contributed by atoms with Crippen LogP contribution in [0.3, 0.4) is 0 Å². The number of ether oxygens (including phenoxy) is 1. The molecule has 0 bridgehead atoms. The smallest absolute Gasteiger partial charge is 0.234 e. The fraction of sp³-hybridized carbons (Fsp3) is 0.818. The topological polar surface area (TPSA) is 96.9 Å². The number of nitrogens with one attached hydrogen (secondary N) is 1. The minimum absolute atomic E-state index is 0.0229. The molecule has 2 aliphatic rings. The molecule has 96 valence electrons. The Labute approximate surface area is 100 Å². The van der Waals surface area contributed by atoms with Gasteiger partial charge in [-0.15, -0.1) is 0 Å². The van der Waals surface area contributed by atoms with E-state index in [9.17, 15) is 4.79 Å². The van der Waals surface area contributed by atoms with Crippen molar-refractivity contribution in [3.8, 4) is 0 Å². The van der Waals surface area contributed by atoms with Gasteiger partial charge in [0.1, 0.15) is 5.41 Å². The molecule has 6 heteroatoms. The third kappa shape index (κ3) is 2.22. The largest absolute Gasteiger partial charge is 0.409 e. The quantitative estimate of drug-likeness (QED) is 0.281. The molecular formula is C11H19N3O3. The highest BCUT2D eigenvalue weighted by molar-refractivity contribution is 6.09. The Hall–Kier alpha value is -1.30. The molecule has 2 atom stereocenters. The first-order valence-corrected chi connectivity index (χ1v) is 5.97. The number of hydrogen-bond donors (Lipinski definition) is 3. The van der Waals surface area contributed by atoms with Gasteiger partial charge in [0.05, 0.1) is 6.61 Å². The van der Waals surface area contributed by atoms with Crippen molar-refractivity contribution in [2.75, 3.05) is 13.2 Å². The first-order chi connectivity index (χ1) is 8.10. The van der Waals surface area contributed by atoms with E-state index in [0.29, 0.717) is 32.0 Å². The van der Waals surface area contributed by atoms with Gasteiger partial charge in [0.2, 0.25) is 5.91 Å². The fourth-order valence-electron chi connectivity index (χ4n) is 2.22. The number of amidine groups is 1. The van der Waals surface area contributed by atoms with Crippen LogP contribution in [0.15, 0.2) is 5.16 Å². The minimum atomic E-state index is -0.757. The van der Waals surface area contributed by atoms with E-state index < -0.39 is 5.41 Å². The Bertz CT molecular complexity index is 339. The van der Waals surface area contributed by atoms with Crippen molar-refractivity contribution < 1.29 is 14.7 Å². The van der Waals surface area contributed by atoms with Crippen molar-refractivity contribution in [2.24, 2.45) is 22.2 Å². The summed E-state index contributed by atoms with van der Waals surface area (Å²) in [5, 5.41) is 14.6. The Balaban J connectivity index is 1.97. The van der Waals surface area contributed by atoms with E-state index in [4.69, 9.17) is 15.7 Å². The lowest BCUT2D eigenvalue weighted by atomic mass is 9.96. The molecule has 1 heterocycles. The van der Waals surface area contributed by atoms with Crippen LogP contribution in [-0.2, 0) is 9.53 Å². The summed E-state index contributed by atoms with van der Waals surface area (Å²) in [5.41, 5.74) is 4.81. The first-order valence-electron chi connectivity index (χ1n) is 5.97. The molecule has 0 aromatic rings. The molecule has 0 radical (unpaired) electrons. The monoisotopic (exact) mass is 241 g/mol. The number of nitrogens with two attached hydrogens (primary N) is 1. The van der Waals surface area contributed by atoms with Crippen molar-refractivity contribution >= 4 is 11.7 Å². The molecule has 2 unspecified atom stereocenters. The second-order valence-electron chi connectivity index (χ2n) is 4.99. The van der Waals surface area contributed by atoms with Gasteiger partial charge in [0.25, 0.3) is 0 Å². The number of nitrogens with zero attached hydrogens (tertiary/aromatic N) is 1. The zero-order chi connectivity index (χ0) is 12.5. The van der Waals surface area contributed by atoms with Crippen LogP contribution in [0.2, 0.25) is 0 Å². The highest BCUT2D eigenvalue weighted by Gasteiger charge is 2.54. The highest BCUT2D eigenvalue weighted by Crippen LogP contribution is 2.46. The van der Waals surface area contributed by atoms with Gasteiger partial charge in [-0.25, -0.2) is 0 Å². The second kappa shape index (κ2) is 4.52. The van der Waals surface area contributed by atoms with Crippen LogP contribution in [0.4, 0.5) is 0 Å². The number of rotatable bonds is 3. The minimum Gasteiger partial charge on any atom is -0.409 e. The van der Waals surface area contributed by atoms with Gasteiger partial charge in [-0.2, -0.15) is 0 Å². The summed E-state index contributed by atoms with van der Waals surface area (Å²) in [6.07, 6.45) is 2.14. The van der Waals surface area contributed by atoms with Crippen molar-refractivity contribution in [1.82, 2.24) is 5.32 Å². The van der Waals surface area contributed by atoms with Gasteiger partial charge in [-0.1, -0.05) is 12.1 Å². The number of carbonyl (C=O) groups excluding carboxylic acids is 1. The van der Waals surface area contributed by atoms with Crippen LogP contribution in [0.5, 0.6) is 0 Å². The molecule has 17 heavy (non-hydrogen) atoms. The number of hydrogen-bond acceptors (Lipinski definition) is 4. The molecule has 2 fully saturated rings. The van der Waals surface area contributed by atoms with Crippen LogP contribution in [0.25, 0.3) is 0 Å². The average Bonchev–Trinajstić information content (AvgIpc) is 3.12. The molecule has 1 amide bonds. The maximum Gasteiger partial charge on any atom is 0.234 e. The lowest BCUT2D eigenvalue weighted by Crippen LogP contribution is -2.49. The summed E-state index contributed by atoms with van der Waals surface area (Å²) >= 11 is 0. The zero-order valence-corrected chi connectivity index (χ0v) is 9.98. The van der Waals surface area contributed by atoms with Crippen LogP contribution < -0.4 is 11.1 Å². The van der Waals surface area contributed by atoms with E-state index >= 15 is 0 Å².